The average molecular weight is 416 g/mol. The number of halogens is 2. The quantitative estimate of drug-likeness (QED) is 0.497. The zero-order valence-electron chi connectivity index (χ0n) is 15.2. The van der Waals surface area contributed by atoms with Crippen LogP contribution in [0.3, 0.4) is 0 Å². The van der Waals surface area contributed by atoms with E-state index in [9.17, 15) is 4.79 Å². The van der Waals surface area contributed by atoms with Gasteiger partial charge >= 0.3 is 0 Å². The number of benzene rings is 3. The zero-order valence-corrected chi connectivity index (χ0v) is 16.8. The van der Waals surface area contributed by atoms with E-state index in [0.717, 1.165) is 5.56 Å². The van der Waals surface area contributed by atoms with Crippen molar-refractivity contribution >= 4 is 34.8 Å². The molecule has 0 spiro atoms. The van der Waals surface area contributed by atoms with Gasteiger partial charge in [-0.15, -0.1) is 0 Å². The van der Waals surface area contributed by atoms with Crippen molar-refractivity contribution in [3.05, 3.63) is 87.9 Å². The maximum absolute atomic E-state index is 12.6. The number of hydrogen-bond acceptors (Lipinski definition) is 3. The van der Waals surface area contributed by atoms with Gasteiger partial charge in [0.1, 0.15) is 18.1 Å². The van der Waals surface area contributed by atoms with Crippen LogP contribution in [0.1, 0.15) is 22.8 Å². The lowest BCUT2D eigenvalue weighted by Crippen LogP contribution is -2.13. The first kappa shape index (κ1) is 20.1. The number of ether oxygens (including phenoxy) is 2. The molecule has 0 heterocycles. The summed E-state index contributed by atoms with van der Waals surface area (Å²) in [7, 11) is 0. The van der Waals surface area contributed by atoms with Crippen molar-refractivity contribution in [3.8, 4) is 11.5 Å². The second-order valence-electron chi connectivity index (χ2n) is 5.91. The van der Waals surface area contributed by atoms with Crippen molar-refractivity contribution < 1.29 is 14.3 Å². The van der Waals surface area contributed by atoms with Crippen LogP contribution in [0.25, 0.3) is 0 Å². The molecule has 0 aliphatic rings. The number of hydrogen-bond donors (Lipinski definition) is 1. The molecule has 0 bridgehead atoms. The molecule has 0 saturated carbocycles. The van der Waals surface area contributed by atoms with Crippen LogP contribution >= 0.6 is 23.2 Å². The van der Waals surface area contributed by atoms with E-state index in [2.05, 4.69) is 5.32 Å². The van der Waals surface area contributed by atoms with Gasteiger partial charge in [0.05, 0.1) is 22.3 Å². The van der Waals surface area contributed by atoms with Crippen LogP contribution < -0.4 is 14.8 Å². The van der Waals surface area contributed by atoms with E-state index in [1.807, 2.05) is 25.1 Å². The van der Waals surface area contributed by atoms with Crippen molar-refractivity contribution in [2.24, 2.45) is 0 Å². The predicted molar refractivity (Wildman–Crippen MR) is 113 cm³/mol. The van der Waals surface area contributed by atoms with Gasteiger partial charge < -0.3 is 14.8 Å². The number of para-hydroxylation sites is 2. The van der Waals surface area contributed by atoms with Gasteiger partial charge in [-0.3, -0.25) is 4.79 Å². The minimum absolute atomic E-state index is 0.215. The van der Waals surface area contributed by atoms with E-state index in [0.29, 0.717) is 39.4 Å². The van der Waals surface area contributed by atoms with Gasteiger partial charge in [-0.1, -0.05) is 47.5 Å². The van der Waals surface area contributed by atoms with Crippen molar-refractivity contribution in [1.82, 2.24) is 0 Å². The molecular formula is C22H19Cl2NO3. The second-order valence-corrected chi connectivity index (χ2v) is 6.72. The Kier molecular flexibility index (Phi) is 6.80. The molecule has 0 unspecified atom stereocenters. The summed E-state index contributed by atoms with van der Waals surface area (Å²) >= 11 is 12.3. The molecule has 0 saturated heterocycles. The monoisotopic (exact) mass is 415 g/mol. The van der Waals surface area contributed by atoms with Gasteiger partial charge in [0.15, 0.2) is 0 Å². The van der Waals surface area contributed by atoms with Crippen molar-refractivity contribution in [1.29, 1.82) is 0 Å². The van der Waals surface area contributed by atoms with E-state index in [1.54, 1.807) is 48.5 Å². The van der Waals surface area contributed by atoms with Gasteiger partial charge in [0.2, 0.25) is 0 Å². The lowest BCUT2D eigenvalue weighted by molar-refractivity contribution is 0.102. The van der Waals surface area contributed by atoms with Gasteiger partial charge in [-0.25, -0.2) is 0 Å². The predicted octanol–water partition coefficient (Wildman–Crippen LogP) is 6.22. The molecule has 3 aromatic rings. The standard InChI is InChI=1S/C22H19Cl2NO3/c1-2-27-20-12-11-15(22(26)25-19-9-5-3-7-17(19)23)13-16(20)14-28-21-10-6-4-8-18(21)24/h3-13H,2,14H2,1H3,(H,25,26). The molecule has 144 valence electrons. The van der Waals surface area contributed by atoms with E-state index in [1.165, 1.54) is 0 Å². The van der Waals surface area contributed by atoms with Crippen LogP contribution in [0.2, 0.25) is 10.0 Å². The highest BCUT2D eigenvalue weighted by atomic mass is 35.5. The largest absolute Gasteiger partial charge is 0.493 e. The van der Waals surface area contributed by atoms with Crippen LogP contribution in [0, 0.1) is 0 Å². The summed E-state index contributed by atoms with van der Waals surface area (Å²) in [5.74, 6) is 0.955. The van der Waals surface area contributed by atoms with Crippen molar-refractivity contribution in [2.75, 3.05) is 11.9 Å². The van der Waals surface area contributed by atoms with E-state index in [-0.39, 0.29) is 12.5 Å². The fourth-order valence-electron chi connectivity index (χ4n) is 2.60. The first-order chi connectivity index (χ1) is 13.6. The van der Waals surface area contributed by atoms with Gasteiger partial charge in [-0.05, 0) is 49.4 Å². The summed E-state index contributed by atoms with van der Waals surface area (Å²) in [6.07, 6.45) is 0. The fourth-order valence-corrected chi connectivity index (χ4v) is 2.98. The number of anilines is 1. The van der Waals surface area contributed by atoms with Gasteiger partial charge in [-0.2, -0.15) is 0 Å². The fraction of sp³-hybridized carbons (Fsp3) is 0.136. The molecule has 3 rings (SSSR count). The van der Waals surface area contributed by atoms with Crippen LogP contribution in [-0.4, -0.2) is 12.5 Å². The van der Waals surface area contributed by atoms with E-state index in [4.69, 9.17) is 32.7 Å². The molecular weight excluding hydrogens is 397 g/mol. The number of rotatable bonds is 7. The highest BCUT2D eigenvalue weighted by molar-refractivity contribution is 6.34. The van der Waals surface area contributed by atoms with Crippen molar-refractivity contribution in [3.63, 3.8) is 0 Å². The van der Waals surface area contributed by atoms with Crippen molar-refractivity contribution in [2.45, 2.75) is 13.5 Å². The van der Waals surface area contributed by atoms with E-state index < -0.39 is 0 Å². The summed E-state index contributed by atoms with van der Waals surface area (Å²) in [6.45, 7) is 2.62. The third-order valence-corrected chi connectivity index (χ3v) is 4.61. The maximum atomic E-state index is 12.6. The Bertz CT molecular complexity index is 976. The summed E-state index contributed by atoms with van der Waals surface area (Å²) in [5, 5.41) is 3.81. The lowest BCUT2D eigenvalue weighted by atomic mass is 10.1. The third-order valence-electron chi connectivity index (χ3n) is 3.96. The lowest BCUT2D eigenvalue weighted by Gasteiger charge is -2.14. The molecule has 0 radical (unpaired) electrons. The van der Waals surface area contributed by atoms with Gasteiger partial charge in [0, 0.05) is 11.1 Å². The number of carbonyl (C=O) groups excluding carboxylic acids is 1. The minimum Gasteiger partial charge on any atom is -0.493 e. The number of carbonyl (C=O) groups is 1. The number of amides is 1. The summed E-state index contributed by atoms with van der Waals surface area (Å²) in [4.78, 5) is 12.6. The maximum Gasteiger partial charge on any atom is 0.255 e. The molecule has 0 fully saturated rings. The topological polar surface area (TPSA) is 47.6 Å². The summed E-state index contributed by atoms with van der Waals surface area (Å²) < 4.78 is 11.5. The third kappa shape index (κ3) is 4.97. The van der Waals surface area contributed by atoms with Crippen LogP contribution in [-0.2, 0) is 6.61 Å². The zero-order chi connectivity index (χ0) is 19.9. The van der Waals surface area contributed by atoms with Crippen LogP contribution in [0.5, 0.6) is 11.5 Å². The molecule has 0 aromatic heterocycles. The Morgan fingerprint density at radius 3 is 2.32 bits per heavy atom. The summed E-state index contributed by atoms with van der Waals surface area (Å²) in [5.41, 5.74) is 1.77. The molecule has 6 heteroatoms. The molecule has 4 nitrogen and oxygen atoms in total. The molecule has 0 aliphatic carbocycles. The average Bonchev–Trinajstić information content (AvgIpc) is 2.70. The Labute approximate surface area is 174 Å². The molecule has 0 atom stereocenters. The van der Waals surface area contributed by atoms with Gasteiger partial charge in [0.25, 0.3) is 5.91 Å². The minimum atomic E-state index is -0.268. The SMILES string of the molecule is CCOc1ccc(C(=O)Nc2ccccc2Cl)cc1COc1ccccc1Cl. The second kappa shape index (κ2) is 9.49. The van der Waals surface area contributed by atoms with Crippen LogP contribution in [0.15, 0.2) is 66.7 Å². The Morgan fingerprint density at radius 2 is 1.61 bits per heavy atom. The summed E-state index contributed by atoms with van der Waals surface area (Å²) in [6, 6.07) is 19.5. The highest BCUT2D eigenvalue weighted by Gasteiger charge is 2.13. The Balaban J connectivity index is 1.81. The molecule has 3 aromatic carbocycles. The Morgan fingerprint density at radius 1 is 0.893 bits per heavy atom. The molecule has 1 amide bonds. The molecule has 1 N–H and O–H groups in total. The molecule has 28 heavy (non-hydrogen) atoms. The first-order valence-electron chi connectivity index (χ1n) is 8.77. The Hall–Kier alpha value is -2.69. The van der Waals surface area contributed by atoms with E-state index >= 15 is 0 Å². The first-order valence-corrected chi connectivity index (χ1v) is 9.53. The molecule has 0 aliphatic heterocycles. The number of nitrogens with one attached hydrogen (secondary N) is 1. The smallest absolute Gasteiger partial charge is 0.255 e. The van der Waals surface area contributed by atoms with Crippen LogP contribution in [0.4, 0.5) is 5.69 Å². The highest BCUT2D eigenvalue weighted by Crippen LogP contribution is 2.28. The normalized spacial score (nSPS) is 10.4.